The van der Waals surface area contributed by atoms with E-state index in [1.807, 2.05) is 11.8 Å². The van der Waals surface area contributed by atoms with Crippen molar-refractivity contribution in [3.8, 4) is 0 Å². The maximum Gasteiger partial charge on any atom is 0.262 e. The molecular formula is C10H17N3O4S. The van der Waals surface area contributed by atoms with Gasteiger partial charge in [0.05, 0.1) is 0 Å². The molecule has 1 heterocycles. The van der Waals surface area contributed by atoms with Crippen molar-refractivity contribution in [1.82, 2.24) is 15.4 Å². The average molecular weight is 275 g/mol. The molecule has 2 N–H and O–H groups in total. The quantitative estimate of drug-likeness (QED) is 0.768. The molecule has 1 aromatic heterocycles. The topological polar surface area (TPSA) is 101 Å². The largest absolute Gasteiger partial charge is 0.360 e. The van der Waals surface area contributed by atoms with Gasteiger partial charge in [-0.1, -0.05) is 19.0 Å². The number of carbonyl (C=O) groups excluding carboxylic acids is 1. The van der Waals surface area contributed by atoms with E-state index in [9.17, 15) is 13.2 Å². The van der Waals surface area contributed by atoms with Crippen molar-refractivity contribution >= 4 is 15.9 Å². The van der Waals surface area contributed by atoms with Crippen LogP contribution in [-0.4, -0.2) is 19.5 Å². The summed E-state index contributed by atoms with van der Waals surface area (Å²) in [6.07, 6.45) is 0.624. The van der Waals surface area contributed by atoms with Crippen molar-refractivity contribution in [2.75, 3.05) is 0 Å². The van der Waals surface area contributed by atoms with Crippen LogP contribution in [-0.2, 0) is 14.8 Å². The summed E-state index contributed by atoms with van der Waals surface area (Å²) in [4.78, 5) is 13.5. The van der Waals surface area contributed by atoms with E-state index in [1.54, 1.807) is 6.92 Å². The fraction of sp³-hybridized carbons (Fsp3) is 0.600. The van der Waals surface area contributed by atoms with Gasteiger partial charge in [0.25, 0.3) is 10.0 Å². The van der Waals surface area contributed by atoms with Gasteiger partial charge >= 0.3 is 0 Å². The number of hydrazine groups is 1. The van der Waals surface area contributed by atoms with Crippen molar-refractivity contribution in [3.05, 3.63) is 11.5 Å². The third-order valence-electron chi connectivity index (χ3n) is 2.61. The standard InChI is InChI=1S/C10H17N3O4S/c1-5-6(2)10(14)11-13-18(15,16)9-7(3)12-17-8(9)4/h6,13H,5H2,1-4H3,(H,11,14)/t6-/m1/s1. The van der Waals surface area contributed by atoms with Crippen molar-refractivity contribution in [2.24, 2.45) is 5.92 Å². The Morgan fingerprint density at radius 1 is 1.44 bits per heavy atom. The van der Waals surface area contributed by atoms with Gasteiger partial charge in [0.1, 0.15) is 10.6 Å². The number of aromatic nitrogens is 1. The molecule has 7 nitrogen and oxygen atoms in total. The van der Waals surface area contributed by atoms with E-state index in [-0.39, 0.29) is 28.2 Å². The molecule has 8 heteroatoms. The van der Waals surface area contributed by atoms with E-state index in [4.69, 9.17) is 4.52 Å². The van der Waals surface area contributed by atoms with Gasteiger partial charge < -0.3 is 4.52 Å². The van der Waals surface area contributed by atoms with Crippen LogP contribution in [0.4, 0.5) is 0 Å². The first kappa shape index (κ1) is 14.7. The van der Waals surface area contributed by atoms with Crippen LogP contribution in [0.25, 0.3) is 0 Å². The molecule has 0 saturated carbocycles. The Kier molecular flexibility index (Phi) is 4.47. The highest BCUT2D eigenvalue weighted by molar-refractivity contribution is 7.89. The zero-order chi connectivity index (χ0) is 13.9. The van der Waals surface area contributed by atoms with Crippen LogP contribution in [0.15, 0.2) is 9.42 Å². The summed E-state index contributed by atoms with van der Waals surface area (Å²) in [7, 11) is -3.85. The van der Waals surface area contributed by atoms with E-state index in [2.05, 4.69) is 10.6 Å². The minimum absolute atomic E-state index is 0.0491. The first-order chi connectivity index (χ1) is 8.29. The summed E-state index contributed by atoms with van der Waals surface area (Å²) in [5.41, 5.74) is 2.42. The van der Waals surface area contributed by atoms with Crippen LogP contribution in [0.1, 0.15) is 31.7 Å². The number of aryl methyl sites for hydroxylation is 2. The molecule has 1 rings (SSSR count). The van der Waals surface area contributed by atoms with Gasteiger partial charge in [-0.05, 0) is 20.3 Å². The van der Waals surface area contributed by atoms with Crippen LogP contribution < -0.4 is 10.3 Å². The van der Waals surface area contributed by atoms with Gasteiger partial charge in [0.2, 0.25) is 5.91 Å². The maximum atomic E-state index is 11.9. The second-order valence-electron chi connectivity index (χ2n) is 4.06. The molecule has 0 aromatic carbocycles. The Bertz CT molecular complexity index is 516. The lowest BCUT2D eigenvalue weighted by atomic mass is 10.1. The Balaban J connectivity index is 2.82. The predicted octanol–water partition coefficient (Wildman–Crippen LogP) is 0.647. The van der Waals surface area contributed by atoms with Gasteiger partial charge in [-0.2, -0.15) is 0 Å². The van der Waals surface area contributed by atoms with Gasteiger partial charge in [-0.3, -0.25) is 10.2 Å². The highest BCUT2D eigenvalue weighted by atomic mass is 32.2. The molecule has 0 fully saturated rings. The minimum Gasteiger partial charge on any atom is -0.360 e. The van der Waals surface area contributed by atoms with E-state index in [1.165, 1.54) is 13.8 Å². The van der Waals surface area contributed by atoms with Crippen LogP contribution >= 0.6 is 0 Å². The molecule has 0 aliphatic carbocycles. The van der Waals surface area contributed by atoms with E-state index in [0.29, 0.717) is 6.42 Å². The third kappa shape index (κ3) is 3.08. The fourth-order valence-electron chi connectivity index (χ4n) is 1.34. The zero-order valence-electron chi connectivity index (χ0n) is 10.8. The highest BCUT2D eigenvalue weighted by Gasteiger charge is 2.25. The second-order valence-corrected chi connectivity index (χ2v) is 5.68. The number of sulfonamides is 1. The van der Waals surface area contributed by atoms with Crippen LogP contribution in [0.5, 0.6) is 0 Å². The minimum atomic E-state index is -3.85. The van der Waals surface area contributed by atoms with E-state index >= 15 is 0 Å². The van der Waals surface area contributed by atoms with Gasteiger partial charge in [0, 0.05) is 5.92 Å². The van der Waals surface area contributed by atoms with E-state index < -0.39 is 10.0 Å². The number of nitrogens with zero attached hydrogens (tertiary/aromatic N) is 1. The molecule has 0 aliphatic rings. The first-order valence-corrected chi connectivity index (χ1v) is 7.02. The third-order valence-corrected chi connectivity index (χ3v) is 4.10. The SMILES string of the molecule is CC[C@@H](C)C(=O)NNS(=O)(=O)c1c(C)noc1C. The molecule has 0 aliphatic heterocycles. The number of hydrogen-bond donors (Lipinski definition) is 2. The van der Waals surface area contributed by atoms with Gasteiger partial charge in [-0.15, -0.1) is 4.83 Å². The number of amides is 1. The number of carbonyl (C=O) groups is 1. The smallest absolute Gasteiger partial charge is 0.262 e. The molecule has 1 amide bonds. The Hall–Kier alpha value is -1.41. The molecule has 102 valence electrons. The molecule has 1 aromatic rings. The van der Waals surface area contributed by atoms with Crippen molar-refractivity contribution in [2.45, 2.75) is 39.0 Å². The Labute approximate surface area is 106 Å². The van der Waals surface area contributed by atoms with E-state index in [0.717, 1.165) is 0 Å². The summed E-state index contributed by atoms with van der Waals surface area (Å²) < 4.78 is 28.6. The summed E-state index contributed by atoms with van der Waals surface area (Å²) in [5, 5.41) is 3.55. The summed E-state index contributed by atoms with van der Waals surface area (Å²) in [5.74, 6) is -0.469. The lowest BCUT2D eigenvalue weighted by molar-refractivity contribution is -0.125. The highest BCUT2D eigenvalue weighted by Crippen LogP contribution is 2.17. The fourth-order valence-corrected chi connectivity index (χ4v) is 2.51. The normalized spacial score (nSPS) is 13.3. The molecule has 0 saturated heterocycles. The zero-order valence-corrected chi connectivity index (χ0v) is 11.6. The first-order valence-electron chi connectivity index (χ1n) is 5.54. The Morgan fingerprint density at radius 3 is 2.50 bits per heavy atom. The molecular weight excluding hydrogens is 258 g/mol. The molecule has 0 unspecified atom stereocenters. The van der Waals surface area contributed by atoms with Gasteiger partial charge in [0.15, 0.2) is 5.76 Å². The molecule has 0 radical (unpaired) electrons. The molecule has 0 spiro atoms. The number of rotatable bonds is 5. The lowest BCUT2D eigenvalue weighted by Crippen LogP contribution is -2.44. The predicted molar refractivity (Wildman–Crippen MR) is 63.9 cm³/mol. The second kappa shape index (κ2) is 5.49. The van der Waals surface area contributed by atoms with Crippen molar-refractivity contribution in [1.29, 1.82) is 0 Å². The average Bonchev–Trinajstić information content (AvgIpc) is 2.65. The summed E-state index contributed by atoms with van der Waals surface area (Å²) in [6.45, 7) is 6.55. The summed E-state index contributed by atoms with van der Waals surface area (Å²) in [6, 6.07) is 0. The van der Waals surface area contributed by atoms with Crippen molar-refractivity contribution < 1.29 is 17.7 Å². The van der Waals surface area contributed by atoms with Crippen LogP contribution in [0.2, 0.25) is 0 Å². The van der Waals surface area contributed by atoms with Crippen LogP contribution in [0, 0.1) is 19.8 Å². The Morgan fingerprint density at radius 2 is 2.06 bits per heavy atom. The number of nitrogens with one attached hydrogen (secondary N) is 2. The van der Waals surface area contributed by atoms with Crippen molar-refractivity contribution in [3.63, 3.8) is 0 Å². The van der Waals surface area contributed by atoms with Crippen LogP contribution in [0.3, 0.4) is 0 Å². The molecule has 1 atom stereocenters. The lowest BCUT2D eigenvalue weighted by Gasteiger charge is -2.11. The number of hydrogen-bond acceptors (Lipinski definition) is 5. The molecule has 18 heavy (non-hydrogen) atoms. The monoisotopic (exact) mass is 275 g/mol. The summed E-state index contributed by atoms with van der Waals surface area (Å²) >= 11 is 0. The van der Waals surface area contributed by atoms with Gasteiger partial charge in [-0.25, -0.2) is 8.42 Å². The maximum absolute atomic E-state index is 11.9. The molecule has 0 bridgehead atoms.